The highest BCUT2D eigenvalue weighted by molar-refractivity contribution is 5.89. The van der Waals surface area contributed by atoms with E-state index in [9.17, 15) is 70.6 Å². The van der Waals surface area contributed by atoms with Gasteiger partial charge in [-0.1, -0.05) is 72.3 Å². The van der Waals surface area contributed by atoms with Crippen molar-refractivity contribution in [3.8, 4) is 0 Å². The van der Waals surface area contributed by atoms with Crippen LogP contribution >= 0.6 is 0 Å². The summed E-state index contributed by atoms with van der Waals surface area (Å²) in [6, 6.07) is 0. The van der Waals surface area contributed by atoms with Crippen molar-refractivity contribution in [2.24, 2.45) is 56.2 Å². The van der Waals surface area contributed by atoms with Gasteiger partial charge in [-0.15, -0.1) is 0 Å². The molecule has 5 aliphatic carbocycles. The van der Waals surface area contributed by atoms with Crippen molar-refractivity contribution >= 4 is 17.9 Å². The fourth-order valence-electron chi connectivity index (χ4n) is 16.6. The molecule has 0 aromatic heterocycles. The largest absolute Gasteiger partial charge is 0.479 e. The van der Waals surface area contributed by atoms with Crippen LogP contribution in [0.5, 0.6) is 0 Å². The molecule has 22 heteroatoms. The van der Waals surface area contributed by atoms with Crippen LogP contribution in [0, 0.1) is 56.2 Å². The normalized spacial score (nSPS) is 48.6. The first kappa shape index (κ1) is 64.0. The maximum Gasteiger partial charge on any atom is 0.335 e. The van der Waals surface area contributed by atoms with Crippen LogP contribution in [0.1, 0.15) is 128 Å². The van der Waals surface area contributed by atoms with Gasteiger partial charge >= 0.3 is 17.9 Å². The number of carbonyl (C=O) groups excluding carboxylic acids is 2. The summed E-state index contributed by atoms with van der Waals surface area (Å²) in [6.07, 6.45) is -15.6. The number of hydrogen-bond acceptors (Lipinski definition) is 21. The molecule has 0 amide bonds. The van der Waals surface area contributed by atoms with E-state index in [2.05, 4.69) is 40.7 Å². The molecule has 3 heterocycles. The third-order valence-electron chi connectivity index (χ3n) is 22.0. The van der Waals surface area contributed by atoms with E-state index in [-0.39, 0.29) is 23.7 Å². The van der Waals surface area contributed by atoms with Crippen LogP contribution in [-0.2, 0) is 52.3 Å². The number of carbonyl (C=O) groups is 3. The first-order valence-corrected chi connectivity index (χ1v) is 28.9. The van der Waals surface area contributed by atoms with Crippen LogP contribution in [0.25, 0.3) is 0 Å². The Morgan fingerprint density at radius 1 is 0.704 bits per heavy atom. The smallest absolute Gasteiger partial charge is 0.335 e. The molecule has 25 atom stereocenters. The molecule has 7 fully saturated rings. The zero-order chi connectivity index (χ0) is 60.1. The van der Waals surface area contributed by atoms with Crippen molar-refractivity contribution in [3.63, 3.8) is 0 Å². The lowest BCUT2D eigenvalue weighted by molar-refractivity contribution is -0.386. The lowest BCUT2D eigenvalue weighted by Gasteiger charge is -2.72. The van der Waals surface area contributed by atoms with E-state index in [1.54, 1.807) is 39.8 Å². The minimum Gasteiger partial charge on any atom is -0.479 e. The Morgan fingerprint density at radius 2 is 1.32 bits per heavy atom. The molecule has 22 nitrogen and oxygen atoms in total. The van der Waals surface area contributed by atoms with E-state index in [1.807, 2.05) is 13.8 Å². The van der Waals surface area contributed by atoms with Crippen LogP contribution in [0.2, 0.25) is 0 Å². The first-order valence-electron chi connectivity index (χ1n) is 28.9. The first-order chi connectivity index (χ1) is 37.7. The Bertz CT molecular complexity index is 2430. The van der Waals surface area contributed by atoms with Gasteiger partial charge in [-0.3, -0.25) is 0 Å². The molecule has 460 valence electrons. The second-order valence-corrected chi connectivity index (χ2v) is 27.1. The summed E-state index contributed by atoms with van der Waals surface area (Å²) in [4.78, 5) is 40.4. The molecule has 3 aliphatic heterocycles. The quantitative estimate of drug-likeness (QED) is 0.0483. The fraction of sp³-hybridized carbons (Fsp3) is 0.847. The maximum atomic E-state index is 13.8. The minimum atomic E-state index is -1.96. The van der Waals surface area contributed by atoms with Crippen LogP contribution in [0.4, 0.5) is 0 Å². The molecule has 8 rings (SSSR count). The van der Waals surface area contributed by atoms with Gasteiger partial charge in [-0.05, 0) is 119 Å². The topological polar surface area (TPSA) is 348 Å². The number of allylic oxidation sites excluding steroid dienone is 4. The lowest BCUT2D eigenvalue weighted by atomic mass is 9.33. The minimum absolute atomic E-state index is 0.0337. The summed E-state index contributed by atoms with van der Waals surface area (Å²) in [7, 11) is 0. The molecule has 0 radical (unpaired) electrons. The van der Waals surface area contributed by atoms with Gasteiger partial charge in [0.1, 0.15) is 54.4 Å². The second-order valence-electron chi connectivity index (χ2n) is 27.1. The van der Waals surface area contributed by atoms with Crippen molar-refractivity contribution in [2.45, 2.75) is 232 Å². The van der Waals surface area contributed by atoms with Gasteiger partial charge < -0.3 is 94.1 Å². The number of fused-ring (bicyclic) bond motifs is 7. The summed E-state index contributed by atoms with van der Waals surface area (Å²) in [6.45, 7) is 20.2. The SMILES string of the molecule is C/C=C(/C)C(=O)O[C@H]1[C@H](OC(=O)/C(C)=C\C)[C@@]2(CO)C(CC1(C)C)C1=CCC3[C@@]4(C)CC[C@H](O[C@@H]5OC(C(=O)O)[C@@H](O)[C@@H](CO[C@@H]6O[C@@H](CO)C(O)[C@@H]6O)C5O[C@@H]5OC(C)(CO)[C@H](O)[C@@H](O)C5O)C(C)(C)C4CC[C@@]3(C)[C@]1(C)C[C@H]2O. The number of hydrogen-bond donors (Lipinski definition) is 11. The summed E-state index contributed by atoms with van der Waals surface area (Å²) < 4.78 is 49.6. The van der Waals surface area contributed by atoms with Crippen LogP contribution in [0.15, 0.2) is 34.9 Å². The Kier molecular flexibility index (Phi) is 18.2. The van der Waals surface area contributed by atoms with Gasteiger partial charge in [0.25, 0.3) is 0 Å². The highest BCUT2D eigenvalue weighted by Gasteiger charge is 2.74. The van der Waals surface area contributed by atoms with Crippen molar-refractivity contribution < 1.29 is 108 Å². The molecule has 3 saturated heterocycles. The van der Waals surface area contributed by atoms with E-state index in [0.717, 1.165) is 5.57 Å². The molecular weight excluding hydrogens is 1060 g/mol. The predicted molar refractivity (Wildman–Crippen MR) is 285 cm³/mol. The fourth-order valence-corrected chi connectivity index (χ4v) is 16.6. The number of aliphatic hydroxyl groups is 10. The number of rotatable bonds is 15. The number of carboxylic acid groups (broad SMARTS) is 1. The highest BCUT2D eigenvalue weighted by Crippen LogP contribution is 2.76. The Hall–Kier alpha value is -3.01. The second kappa shape index (κ2) is 23.0. The van der Waals surface area contributed by atoms with E-state index >= 15 is 0 Å². The van der Waals surface area contributed by atoms with Crippen molar-refractivity contribution in [3.05, 3.63) is 34.9 Å². The summed E-state index contributed by atoms with van der Waals surface area (Å²) in [5.41, 5.74) is -4.52. The molecule has 4 saturated carbocycles. The summed E-state index contributed by atoms with van der Waals surface area (Å²) in [5, 5.41) is 122. The van der Waals surface area contributed by atoms with E-state index in [4.69, 9.17) is 37.9 Å². The van der Waals surface area contributed by atoms with Gasteiger partial charge in [0.2, 0.25) is 0 Å². The Balaban J connectivity index is 1.12. The number of ether oxygens (including phenoxy) is 8. The Morgan fingerprint density at radius 3 is 1.89 bits per heavy atom. The van der Waals surface area contributed by atoms with Crippen LogP contribution < -0.4 is 0 Å². The monoisotopic (exact) mass is 1150 g/mol. The number of esters is 2. The van der Waals surface area contributed by atoms with Crippen molar-refractivity contribution in [1.29, 1.82) is 0 Å². The van der Waals surface area contributed by atoms with Gasteiger partial charge in [-0.25, -0.2) is 14.4 Å². The molecule has 8 aliphatic rings. The van der Waals surface area contributed by atoms with E-state index in [1.165, 1.54) is 6.92 Å². The summed E-state index contributed by atoms with van der Waals surface area (Å²) >= 11 is 0. The van der Waals surface area contributed by atoms with Crippen LogP contribution in [0.3, 0.4) is 0 Å². The average molecular weight is 1150 g/mol. The molecule has 0 spiro atoms. The third kappa shape index (κ3) is 10.3. The van der Waals surface area contributed by atoms with Gasteiger partial charge in [0, 0.05) is 22.5 Å². The lowest BCUT2D eigenvalue weighted by Crippen LogP contribution is -2.72. The molecular formula is C59H92O22. The molecule has 0 aromatic carbocycles. The third-order valence-corrected chi connectivity index (χ3v) is 22.0. The maximum absolute atomic E-state index is 13.8. The molecule has 81 heavy (non-hydrogen) atoms. The van der Waals surface area contributed by atoms with Gasteiger partial charge in [0.15, 0.2) is 31.1 Å². The van der Waals surface area contributed by atoms with E-state index in [0.29, 0.717) is 49.7 Å². The Labute approximate surface area is 474 Å². The number of aliphatic hydroxyl groups excluding tert-OH is 10. The standard InChI is InChI=1S/C59H92O22/c1-13-27(3)48(72)79-45-46(80-49(73)28(4)14-2)59(26-62)31(21-53(45,5)6)30-15-16-34-55(9)19-18-36(54(7,8)33(55)17-20-56(34,10)57(30,11)22-35(59)63)76-52-42(77-51-41(68)39(66)44(69)58(12,25-61)81-51)29(37(64)43(78-52)47(70)71)24-74-50-40(67)38(65)32(23-60)75-50/h13-15,29,31-46,50-52,60-69H,16-26H2,1-12H3,(H,70,71)/b27-13-,28-14-/t29-,31?,32+,33?,34?,35-,36+,37+,38?,39+,40+,41?,42?,43?,44-,45+,46+,50-,51-,52-,55+,56-,57-,58?,59+/m1/s1. The molecule has 11 N–H and O–H groups in total. The van der Waals surface area contributed by atoms with Gasteiger partial charge in [0.05, 0.1) is 50.2 Å². The van der Waals surface area contributed by atoms with Gasteiger partial charge in [-0.2, -0.15) is 0 Å². The van der Waals surface area contributed by atoms with Crippen LogP contribution in [-0.4, -0.2) is 204 Å². The molecule has 8 unspecified atom stereocenters. The highest BCUT2D eigenvalue weighted by atomic mass is 16.8. The average Bonchev–Trinajstić information content (AvgIpc) is 3.78. The predicted octanol–water partition coefficient (Wildman–Crippen LogP) is 1.93. The zero-order valence-electron chi connectivity index (χ0n) is 49.0. The zero-order valence-corrected chi connectivity index (χ0v) is 49.0. The summed E-state index contributed by atoms with van der Waals surface area (Å²) in [5.74, 6) is -4.75. The van der Waals surface area contributed by atoms with Crippen molar-refractivity contribution in [2.75, 3.05) is 26.4 Å². The van der Waals surface area contributed by atoms with Crippen molar-refractivity contribution in [1.82, 2.24) is 0 Å². The number of aliphatic carboxylic acids is 1. The molecule has 0 bridgehead atoms. The molecule has 0 aromatic rings. The van der Waals surface area contributed by atoms with E-state index < -0.39 is 187 Å². The number of carboxylic acids is 1.